The normalized spacial score (nSPS) is 22.7. The quantitative estimate of drug-likeness (QED) is 0.675. The molecule has 0 bridgehead atoms. The van der Waals surface area contributed by atoms with Gasteiger partial charge in [0.1, 0.15) is 0 Å². The number of ether oxygens (including phenoxy) is 1. The summed E-state index contributed by atoms with van der Waals surface area (Å²) in [6, 6.07) is 0. The number of hydrogen-bond acceptors (Lipinski definition) is 5. The molecule has 6 nitrogen and oxygen atoms in total. The molecular formula is C14H29ClN2O4S. The van der Waals surface area contributed by atoms with Gasteiger partial charge in [0.15, 0.2) is 0 Å². The van der Waals surface area contributed by atoms with E-state index in [0.717, 1.165) is 12.8 Å². The summed E-state index contributed by atoms with van der Waals surface area (Å²) in [7, 11) is -2.27. The number of sulfonamides is 1. The summed E-state index contributed by atoms with van der Waals surface area (Å²) in [6.45, 7) is 4.08. The smallest absolute Gasteiger partial charge is 0.310 e. The summed E-state index contributed by atoms with van der Waals surface area (Å²) in [4.78, 5) is 11.8. The third kappa shape index (κ3) is 5.37. The average Bonchev–Trinajstić information content (AvgIpc) is 2.52. The molecule has 0 saturated heterocycles. The highest BCUT2D eigenvalue weighted by Gasteiger charge is 2.40. The second-order valence-electron chi connectivity index (χ2n) is 5.89. The molecule has 0 aliphatic heterocycles. The number of hydrogen-bond donors (Lipinski definition) is 2. The molecule has 132 valence electrons. The monoisotopic (exact) mass is 356 g/mol. The number of methoxy groups -OCH3 is 1. The van der Waals surface area contributed by atoms with Crippen molar-refractivity contribution in [3.05, 3.63) is 0 Å². The van der Waals surface area contributed by atoms with E-state index in [9.17, 15) is 13.2 Å². The van der Waals surface area contributed by atoms with Gasteiger partial charge < -0.3 is 10.5 Å². The van der Waals surface area contributed by atoms with Crippen LogP contribution in [0.3, 0.4) is 0 Å². The van der Waals surface area contributed by atoms with Crippen LogP contribution in [0.4, 0.5) is 0 Å². The molecule has 0 aromatic carbocycles. The lowest BCUT2D eigenvalue weighted by atomic mass is 9.89. The number of esters is 1. The topological polar surface area (TPSA) is 98.5 Å². The van der Waals surface area contributed by atoms with Crippen molar-refractivity contribution in [1.29, 1.82) is 0 Å². The molecule has 0 aromatic heterocycles. The van der Waals surface area contributed by atoms with Crippen LogP contribution in [0, 0.1) is 5.92 Å². The largest absolute Gasteiger partial charge is 0.469 e. The van der Waals surface area contributed by atoms with Gasteiger partial charge in [0, 0.05) is 12.1 Å². The van der Waals surface area contributed by atoms with Crippen LogP contribution in [0.5, 0.6) is 0 Å². The lowest BCUT2D eigenvalue weighted by Gasteiger charge is -2.32. The van der Waals surface area contributed by atoms with Gasteiger partial charge >= 0.3 is 5.97 Å². The summed E-state index contributed by atoms with van der Waals surface area (Å²) in [5.41, 5.74) is 5.60. The number of nitrogens with one attached hydrogen (secondary N) is 1. The van der Waals surface area contributed by atoms with Crippen molar-refractivity contribution in [3.8, 4) is 0 Å². The summed E-state index contributed by atoms with van der Waals surface area (Å²) in [5.74, 6) is -1.01. The van der Waals surface area contributed by atoms with Crippen LogP contribution in [0.2, 0.25) is 0 Å². The number of carbonyl (C=O) groups excluding carboxylic acids is 1. The fourth-order valence-electron chi connectivity index (χ4n) is 2.74. The van der Waals surface area contributed by atoms with Crippen molar-refractivity contribution in [2.45, 2.75) is 63.2 Å². The minimum absolute atomic E-state index is 0. The molecule has 1 saturated carbocycles. The molecule has 0 aromatic rings. The molecule has 0 heterocycles. The van der Waals surface area contributed by atoms with Crippen LogP contribution >= 0.6 is 12.4 Å². The van der Waals surface area contributed by atoms with Crippen molar-refractivity contribution in [3.63, 3.8) is 0 Å². The van der Waals surface area contributed by atoms with Crippen molar-refractivity contribution in [2.75, 3.05) is 13.7 Å². The first kappa shape index (κ1) is 21.6. The van der Waals surface area contributed by atoms with Gasteiger partial charge in [0.2, 0.25) is 10.0 Å². The Bertz CT molecular complexity index is 452. The SMILES string of the molecule is CCC(N)(CC)CNS(=O)(=O)C1CCCCC1C(=O)OC.Cl. The van der Waals surface area contributed by atoms with Gasteiger partial charge in [-0.1, -0.05) is 26.7 Å². The van der Waals surface area contributed by atoms with Crippen LogP contribution in [0.25, 0.3) is 0 Å². The van der Waals surface area contributed by atoms with Gasteiger partial charge in [-0.3, -0.25) is 4.79 Å². The molecule has 0 spiro atoms. The van der Waals surface area contributed by atoms with Crippen LogP contribution in [0.1, 0.15) is 52.4 Å². The van der Waals surface area contributed by atoms with Crippen LogP contribution in [-0.2, 0) is 19.6 Å². The summed E-state index contributed by atoms with van der Waals surface area (Å²) in [6.07, 6.45) is 4.11. The molecule has 1 aliphatic rings. The highest BCUT2D eigenvalue weighted by Crippen LogP contribution is 2.30. The number of halogens is 1. The van der Waals surface area contributed by atoms with Crippen molar-refractivity contribution < 1.29 is 17.9 Å². The van der Waals surface area contributed by atoms with E-state index in [2.05, 4.69) is 4.72 Å². The zero-order valence-corrected chi connectivity index (χ0v) is 15.3. The van der Waals surface area contributed by atoms with E-state index in [0.29, 0.717) is 25.7 Å². The molecule has 2 atom stereocenters. The number of carbonyl (C=O) groups is 1. The first-order chi connectivity index (χ1) is 9.79. The van der Waals surface area contributed by atoms with E-state index in [1.54, 1.807) is 0 Å². The average molecular weight is 357 g/mol. The lowest BCUT2D eigenvalue weighted by molar-refractivity contribution is -0.146. The van der Waals surface area contributed by atoms with E-state index in [1.165, 1.54) is 7.11 Å². The van der Waals surface area contributed by atoms with Gasteiger partial charge in [0.25, 0.3) is 0 Å². The van der Waals surface area contributed by atoms with E-state index < -0.39 is 32.7 Å². The predicted octanol–water partition coefficient (Wildman–Crippen LogP) is 1.58. The fraction of sp³-hybridized carbons (Fsp3) is 0.929. The highest BCUT2D eigenvalue weighted by molar-refractivity contribution is 7.90. The molecule has 1 rings (SSSR count). The molecule has 2 unspecified atom stereocenters. The molecule has 1 fully saturated rings. The van der Waals surface area contributed by atoms with Gasteiger partial charge in [0.05, 0.1) is 18.3 Å². The van der Waals surface area contributed by atoms with Crippen LogP contribution < -0.4 is 10.5 Å². The maximum atomic E-state index is 12.5. The van der Waals surface area contributed by atoms with Crippen molar-refractivity contribution in [1.82, 2.24) is 4.72 Å². The van der Waals surface area contributed by atoms with E-state index in [4.69, 9.17) is 10.5 Å². The van der Waals surface area contributed by atoms with E-state index in [1.807, 2.05) is 13.8 Å². The molecule has 0 radical (unpaired) electrons. The maximum absolute atomic E-state index is 12.5. The summed E-state index contributed by atoms with van der Waals surface area (Å²) in [5, 5.41) is -0.711. The third-order valence-corrected chi connectivity index (χ3v) is 6.55. The zero-order valence-electron chi connectivity index (χ0n) is 13.6. The Morgan fingerprint density at radius 3 is 2.32 bits per heavy atom. The molecule has 3 N–H and O–H groups in total. The Morgan fingerprint density at radius 1 is 1.27 bits per heavy atom. The standard InChI is InChI=1S/C14H28N2O4S.ClH/c1-4-14(15,5-2)10-16-21(18,19)12-9-7-6-8-11(12)13(17)20-3;/h11-12,16H,4-10,15H2,1-3H3;1H. The highest BCUT2D eigenvalue weighted by atomic mass is 35.5. The fourth-order valence-corrected chi connectivity index (χ4v) is 4.60. The van der Waals surface area contributed by atoms with Crippen molar-refractivity contribution >= 4 is 28.4 Å². The number of rotatable bonds is 7. The van der Waals surface area contributed by atoms with Crippen molar-refractivity contribution in [2.24, 2.45) is 11.7 Å². The Labute approximate surface area is 140 Å². The second kappa shape index (κ2) is 9.05. The minimum Gasteiger partial charge on any atom is -0.469 e. The first-order valence-electron chi connectivity index (χ1n) is 7.65. The van der Waals surface area contributed by atoms with Crippen LogP contribution in [0.15, 0.2) is 0 Å². The molecular weight excluding hydrogens is 328 g/mol. The Morgan fingerprint density at radius 2 is 1.82 bits per heavy atom. The summed E-state index contributed by atoms with van der Waals surface area (Å²) < 4.78 is 32.4. The molecule has 22 heavy (non-hydrogen) atoms. The lowest BCUT2D eigenvalue weighted by Crippen LogP contribution is -2.52. The Balaban J connectivity index is 0.00000441. The molecule has 0 amide bonds. The predicted molar refractivity (Wildman–Crippen MR) is 89.4 cm³/mol. The van der Waals surface area contributed by atoms with E-state index in [-0.39, 0.29) is 19.0 Å². The van der Waals surface area contributed by atoms with Gasteiger partial charge in [-0.05, 0) is 25.7 Å². The first-order valence-corrected chi connectivity index (χ1v) is 9.19. The molecule has 1 aliphatic carbocycles. The van der Waals surface area contributed by atoms with Gasteiger partial charge in [-0.15, -0.1) is 12.4 Å². The maximum Gasteiger partial charge on any atom is 0.310 e. The Kier molecular flexibility index (Phi) is 8.90. The van der Waals surface area contributed by atoms with Gasteiger partial charge in [-0.25, -0.2) is 13.1 Å². The zero-order chi connectivity index (χ0) is 16.1. The minimum atomic E-state index is -3.57. The third-order valence-electron chi connectivity index (χ3n) is 4.64. The second-order valence-corrected chi connectivity index (χ2v) is 7.87. The number of nitrogens with two attached hydrogens (primary N) is 1. The summed E-state index contributed by atoms with van der Waals surface area (Å²) >= 11 is 0. The van der Waals surface area contributed by atoms with E-state index >= 15 is 0 Å². The Hall–Kier alpha value is -0.370. The molecule has 8 heteroatoms. The van der Waals surface area contributed by atoms with Gasteiger partial charge in [-0.2, -0.15) is 0 Å². The van der Waals surface area contributed by atoms with Crippen LogP contribution in [-0.4, -0.2) is 38.8 Å².